The number of rotatable bonds is 3. The molecule has 0 aliphatic carbocycles. The summed E-state index contributed by atoms with van der Waals surface area (Å²) in [6.07, 6.45) is -3.05. The van der Waals surface area contributed by atoms with Crippen molar-refractivity contribution in [1.29, 1.82) is 5.26 Å². The zero-order valence-corrected chi connectivity index (χ0v) is 7.67. The highest BCUT2D eigenvalue weighted by molar-refractivity contribution is 5.33. The summed E-state index contributed by atoms with van der Waals surface area (Å²) in [7, 11) is 0. The van der Waals surface area contributed by atoms with Gasteiger partial charge in [0.1, 0.15) is 5.69 Å². The molecule has 0 saturated heterocycles. The van der Waals surface area contributed by atoms with E-state index in [2.05, 4.69) is 4.98 Å². The van der Waals surface area contributed by atoms with Crippen LogP contribution in [0.1, 0.15) is 23.2 Å². The fourth-order valence-corrected chi connectivity index (χ4v) is 1.27. The Morgan fingerprint density at radius 3 is 2.67 bits per heavy atom. The lowest BCUT2D eigenvalue weighted by Gasteiger charge is -2.10. The number of halogens is 3. The second kappa shape index (κ2) is 4.75. The molecule has 0 fully saturated rings. The summed E-state index contributed by atoms with van der Waals surface area (Å²) in [5.74, 6) is -1.02. The maximum Gasteiger partial charge on any atom is 0.280 e. The molecule has 0 saturated carbocycles. The van der Waals surface area contributed by atoms with Crippen molar-refractivity contribution in [2.24, 2.45) is 5.73 Å². The number of pyridine rings is 1. The van der Waals surface area contributed by atoms with E-state index in [1.54, 1.807) is 6.07 Å². The van der Waals surface area contributed by atoms with Crippen LogP contribution in [0.2, 0.25) is 0 Å². The molecule has 1 aromatic heterocycles. The van der Waals surface area contributed by atoms with Gasteiger partial charge in [-0.05, 0) is 17.2 Å². The number of hydrogen-bond donors (Lipinski definition) is 1. The zero-order chi connectivity index (χ0) is 11.4. The summed E-state index contributed by atoms with van der Waals surface area (Å²) in [5, 5.41) is 8.44. The van der Waals surface area contributed by atoms with Crippen LogP contribution in [0.5, 0.6) is 0 Å². The van der Waals surface area contributed by atoms with Gasteiger partial charge in [-0.15, -0.1) is 0 Å². The molecular formula is C9H8F3N3. The van der Waals surface area contributed by atoms with Crippen molar-refractivity contribution >= 4 is 0 Å². The molecule has 2 N–H and O–H groups in total. The fraction of sp³-hybridized carbons (Fsp3) is 0.333. The van der Waals surface area contributed by atoms with Gasteiger partial charge in [-0.25, -0.2) is 13.8 Å². The quantitative estimate of drug-likeness (QED) is 0.780. The standard InChI is InChI=1S/C9H8F3N3/c10-7-3-5(1-2-13)6(4-14)8(15-7)9(11)12/h3,9H,1,4,14H2. The van der Waals surface area contributed by atoms with E-state index in [4.69, 9.17) is 11.0 Å². The molecule has 0 amide bonds. The average molecular weight is 215 g/mol. The van der Waals surface area contributed by atoms with E-state index >= 15 is 0 Å². The SMILES string of the molecule is N#CCc1cc(F)nc(C(F)F)c1CN. The molecule has 0 aliphatic heterocycles. The van der Waals surface area contributed by atoms with Crippen LogP contribution in [-0.2, 0) is 13.0 Å². The Morgan fingerprint density at radius 1 is 1.53 bits per heavy atom. The third-order valence-corrected chi connectivity index (χ3v) is 1.90. The highest BCUT2D eigenvalue weighted by Crippen LogP contribution is 2.24. The molecule has 0 spiro atoms. The summed E-state index contributed by atoms with van der Waals surface area (Å²) in [6, 6.07) is 2.71. The van der Waals surface area contributed by atoms with Crippen molar-refractivity contribution in [2.75, 3.05) is 0 Å². The molecule has 3 nitrogen and oxygen atoms in total. The Hall–Kier alpha value is -1.61. The van der Waals surface area contributed by atoms with Gasteiger partial charge in [0.15, 0.2) is 0 Å². The summed E-state index contributed by atoms with van der Waals surface area (Å²) < 4.78 is 37.7. The molecule has 1 rings (SSSR count). The lowest BCUT2D eigenvalue weighted by molar-refractivity contribution is 0.143. The smallest absolute Gasteiger partial charge is 0.280 e. The van der Waals surface area contributed by atoms with Gasteiger partial charge in [0, 0.05) is 6.54 Å². The number of hydrogen-bond acceptors (Lipinski definition) is 3. The Morgan fingerprint density at radius 2 is 2.20 bits per heavy atom. The Bertz CT molecular complexity index is 398. The van der Waals surface area contributed by atoms with Crippen LogP contribution in [0.15, 0.2) is 6.07 Å². The number of alkyl halides is 2. The van der Waals surface area contributed by atoms with Crippen molar-refractivity contribution < 1.29 is 13.2 Å². The van der Waals surface area contributed by atoms with Crippen LogP contribution >= 0.6 is 0 Å². The predicted octanol–water partition coefficient (Wildman–Crippen LogP) is 1.68. The lowest BCUT2D eigenvalue weighted by atomic mass is 10.0. The lowest BCUT2D eigenvalue weighted by Crippen LogP contribution is -2.10. The minimum atomic E-state index is -2.89. The van der Waals surface area contributed by atoms with Crippen LogP contribution < -0.4 is 5.73 Å². The van der Waals surface area contributed by atoms with Gasteiger partial charge in [-0.2, -0.15) is 9.65 Å². The summed E-state index contributed by atoms with van der Waals surface area (Å²) in [4.78, 5) is 3.08. The predicted molar refractivity (Wildman–Crippen MR) is 46.4 cm³/mol. The first kappa shape index (κ1) is 11.5. The van der Waals surface area contributed by atoms with Gasteiger partial charge in [0.2, 0.25) is 5.95 Å². The van der Waals surface area contributed by atoms with Gasteiger partial charge >= 0.3 is 0 Å². The first-order chi connectivity index (χ1) is 7.10. The Balaban J connectivity index is 3.33. The Labute approximate surface area is 84.3 Å². The summed E-state index contributed by atoms with van der Waals surface area (Å²) in [5.41, 5.74) is 4.80. The van der Waals surface area contributed by atoms with Crippen molar-refractivity contribution in [2.45, 2.75) is 19.4 Å². The normalized spacial score (nSPS) is 10.4. The highest BCUT2D eigenvalue weighted by atomic mass is 19.3. The van der Waals surface area contributed by atoms with E-state index in [-0.39, 0.29) is 24.1 Å². The van der Waals surface area contributed by atoms with E-state index in [1.807, 2.05) is 0 Å². The molecule has 0 unspecified atom stereocenters. The molecule has 1 aromatic rings. The first-order valence-corrected chi connectivity index (χ1v) is 4.13. The van der Waals surface area contributed by atoms with Crippen LogP contribution in [0, 0.1) is 17.3 Å². The topological polar surface area (TPSA) is 62.7 Å². The van der Waals surface area contributed by atoms with E-state index in [1.165, 1.54) is 0 Å². The third kappa shape index (κ3) is 2.44. The van der Waals surface area contributed by atoms with Crippen molar-refractivity contribution in [1.82, 2.24) is 4.98 Å². The second-order valence-electron chi connectivity index (χ2n) is 2.81. The molecular weight excluding hydrogens is 207 g/mol. The maximum absolute atomic E-state index is 12.8. The van der Waals surface area contributed by atoms with Crippen molar-refractivity contribution in [3.05, 3.63) is 28.8 Å². The molecule has 1 heterocycles. The van der Waals surface area contributed by atoms with Crippen LogP contribution in [0.4, 0.5) is 13.2 Å². The molecule has 0 aromatic carbocycles. The fourth-order valence-electron chi connectivity index (χ4n) is 1.27. The van der Waals surface area contributed by atoms with E-state index < -0.39 is 18.1 Å². The zero-order valence-electron chi connectivity index (χ0n) is 7.67. The van der Waals surface area contributed by atoms with Gasteiger partial charge < -0.3 is 5.73 Å². The molecule has 0 bridgehead atoms. The highest BCUT2D eigenvalue weighted by Gasteiger charge is 2.18. The maximum atomic E-state index is 12.8. The van der Waals surface area contributed by atoms with E-state index in [0.717, 1.165) is 6.07 Å². The minimum Gasteiger partial charge on any atom is -0.326 e. The monoisotopic (exact) mass is 215 g/mol. The molecule has 0 radical (unpaired) electrons. The third-order valence-electron chi connectivity index (χ3n) is 1.90. The average Bonchev–Trinajstić information content (AvgIpc) is 2.17. The van der Waals surface area contributed by atoms with Gasteiger partial charge in [-0.3, -0.25) is 0 Å². The van der Waals surface area contributed by atoms with E-state index in [9.17, 15) is 13.2 Å². The van der Waals surface area contributed by atoms with Gasteiger partial charge in [0.05, 0.1) is 12.5 Å². The number of aromatic nitrogens is 1. The second-order valence-corrected chi connectivity index (χ2v) is 2.81. The number of nitrogens with zero attached hydrogens (tertiary/aromatic N) is 2. The van der Waals surface area contributed by atoms with Crippen LogP contribution in [-0.4, -0.2) is 4.98 Å². The molecule has 15 heavy (non-hydrogen) atoms. The van der Waals surface area contributed by atoms with Gasteiger partial charge in [-0.1, -0.05) is 0 Å². The number of nitriles is 1. The molecule has 6 heteroatoms. The van der Waals surface area contributed by atoms with E-state index in [0.29, 0.717) is 0 Å². The minimum absolute atomic E-state index is 0.0490. The largest absolute Gasteiger partial charge is 0.326 e. The summed E-state index contributed by atoms with van der Waals surface area (Å²) in [6.45, 7) is -0.191. The molecule has 0 aliphatic rings. The number of nitrogens with two attached hydrogens (primary N) is 1. The first-order valence-electron chi connectivity index (χ1n) is 4.13. The van der Waals surface area contributed by atoms with Crippen molar-refractivity contribution in [3.8, 4) is 6.07 Å². The van der Waals surface area contributed by atoms with Crippen LogP contribution in [0.25, 0.3) is 0 Å². The molecule has 0 atom stereocenters. The van der Waals surface area contributed by atoms with Crippen molar-refractivity contribution in [3.63, 3.8) is 0 Å². The van der Waals surface area contributed by atoms with Crippen LogP contribution in [0.3, 0.4) is 0 Å². The van der Waals surface area contributed by atoms with Gasteiger partial charge in [0.25, 0.3) is 6.43 Å². The summed E-state index contributed by atoms with van der Waals surface area (Å²) >= 11 is 0. The Kier molecular flexibility index (Phi) is 3.63. The molecule has 80 valence electrons.